The molecule has 27 heavy (non-hydrogen) atoms. The highest BCUT2D eigenvalue weighted by molar-refractivity contribution is 5.87. The van der Waals surface area contributed by atoms with Crippen molar-refractivity contribution < 1.29 is 24.5 Å². The molecule has 148 valence electrons. The molecule has 2 atom stereocenters. The van der Waals surface area contributed by atoms with Crippen molar-refractivity contribution in [3.8, 4) is 11.5 Å². The van der Waals surface area contributed by atoms with Gasteiger partial charge in [0.15, 0.2) is 11.5 Å². The van der Waals surface area contributed by atoms with E-state index in [4.69, 9.17) is 9.47 Å². The summed E-state index contributed by atoms with van der Waals surface area (Å²) in [5.41, 5.74) is 0.624. The maximum absolute atomic E-state index is 12.0. The molecule has 6 heteroatoms. The van der Waals surface area contributed by atoms with Gasteiger partial charge in [-0.2, -0.15) is 0 Å². The van der Waals surface area contributed by atoms with E-state index in [-0.39, 0.29) is 12.7 Å². The van der Waals surface area contributed by atoms with E-state index in [0.29, 0.717) is 23.5 Å². The number of amides is 1. The number of carbonyl (C=O) groups excluding carboxylic acids is 1. The lowest BCUT2D eigenvalue weighted by molar-refractivity contribution is -0.126. The van der Waals surface area contributed by atoms with Crippen LogP contribution in [0.1, 0.15) is 56.6 Å². The fourth-order valence-electron chi connectivity index (χ4n) is 3.50. The van der Waals surface area contributed by atoms with Crippen LogP contribution < -0.4 is 9.47 Å². The molecule has 2 N–H and O–H groups in total. The third-order valence-electron chi connectivity index (χ3n) is 5.15. The van der Waals surface area contributed by atoms with Crippen molar-refractivity contribution in [3.05, 3.63) is 35.9 Å². The van der Waals surface area contributed by atoms with E-state index >= 15 is 0 Å². The van der Waals surface area contributed by atoms with Crippen molar-refractivity contribution >= 4 is 5.91 Å². The molecule has 1 fully saturated rings. The predicted molar refractivity (Wildman–Crippen MR) is 102 cm³/mol. The van der Waals surface area contributed by atoms with Crippen LogP contribution in [0.3, 0.4) is 0 Å². The second-order valence-corrected chi connectivity index (χ2v) is 7.20. The molecule has 2 heterocycles. The number of allylic oxidation sites excluding steroid dienone is 1. The monoisotopic (exact) mass is 375 g/mol. The Kier molecular flexibility index (Phi) is 7.12. The summed E-state index contributed by atoms with van der Waals surface area (Å²) in [7, 11) is 0. The Morgan fingerprint density at radius 1 is 1.11 bits per heavy atom. The lowest BCUT2D eigenvalue weighted by atomic mass is 9.99. The molecule has 0 spiro atoms. The number of piperidine rings is 1. The molecule has 2 aliphatic rings. The van der Waals surface area contributed by atoms with Crippen LogP contribution in [0.5, 0.6) is 11.5 Å². The number of nitrogens with zero attached hydrogens (tertiary/aromatic N) is 1. The Bertz CT molecular complexity index is 654. The molecule has 0 radical (unpaired) electrons. The van der Waals surface area contributed by atoms with E-state index in [1.165, 1.54) is 6.42 Å². The number of aliphatic hydroxyl groups is 2. The van der Waals surface area contributed by atoms with Gasteiger partial charge >= 0.3 is 0 Å². The van der Waals surface area contributed by atoms with Gasteiger partial charge in [-0.3, -0.25) is 4.79 Å². The van der Waals surface area contributed by atoms with E-state index in [9.17, 15) is 15.0 Å². The fraction of sp³-hybridized carbons (Fsp3) is 0.571. The molecule has 1 aromatic rings. The molecular formula is C21H29NO5. The lowest BCUT2D eigenvalue weighted by Gasteiger charge is -2.25. The highest BCUT2D eigenvalue weighted by atomic mass is 16.7. The summed E-state index contributed by atoms with van der Waals surface area (Å²) in [6.07, 6.45) is 8.18. The second kappa shape index (κ2) is 9.76. The summed E-state index contributed by atoms with van der Waals surface area (Å²) in [4.78, 5) is 13.9. The Morgan fingerprint density at radius 3 is 2.70 bits per heavy atom. The van der Waals surface area contributed by atoms with E-state index in [1.54, 1.807) is 24.3 Å². The number of likely N-dealkylation sites (tertiary alicyclic amines) is 1. The molecule has 0 aliphatic carbocycles. The minimum Gasteiger partial charge on any atom is -0.454 e. The highest BCUT2D eigenvalue weighted by Crippen LogP contribution is 2.35. The number of hydrogen-bond acceptors (Lipinski definition) is 5. The van der Waals surface area contributed by atoms with Gasteiger partial charge in [0.2, 0.25) is 12.7 Å². The van der Waals surface area contributed by atoms with Crippen LogP contribution in [0.25, 0.3) is 0 Å². The van der Waals surface area contributed by atoms with Crippen LogP contribution in [0.15, 0.2) is 30.4 Å². The van der Waals surface area contributed by atoms with Gasteiger partial charge in [-0.1, -0.05) is 18.6 Å². The minimum absolute atomic E-state index is 0.105. The van der Waals surface area contributed by atoms with Gasteiger partial charge in [0.25, 0.3) is 0 Å². The molecular weight excluding hydrogens is 346 g/mol. The van der Waals surface area contributed by atoms with Gasteiger partial charge in [0.1, 0.15) is 6.10 Å². The summed E-state index contributed by atoms with van der Waals surface area (Å²) in [5.74, 6) is 1.36. The minimum atomic E-state index is -0.948. The van der Waals surface area contributed by atoms with Crippen molar-refractivity contribution in [2.75, 3.05) is 19.9 Å². The average Bonchev–Trinajstić information content (AvgIpc) is 3.18. The average molecular weight is 375 g/mol. The van der Waals surface area contributed by atoms with Gasteiger partial charge in [0, 0.05) is 13.1 Å². The Balaban J connectivity index is 1.34. The highest BCUT2D eigenvalue weighted by Gasteiger charge is 2.21. The number of ether oxygens (including phenoxy) is 2. The summed E-state index contributed by atoms with van der Waals surface area (Å²) in [6, 6.07) is 5.21. The normalized spacial score (nSPS) is 18.7. The summed E-state index contributed by atoms with van der Waals surface area (Å²) in [6.45, 7) is 1.92. The molecule has 6 nitrogen and oxygen atoms in total. The van der Waals surface area contributed by atoms with Crippen molar-refractivity contribution in [3.63, 3.8) is 0 Å². The number of carbonyl (C=O) groups is 1. The quantitative estimate of drug-likeness (QED) is 0.539. The van der Waals surface area contributed by atoms with Crippen molar-refractivity contribution in [1.82, 2.24) is 4.90 Å². The topological polar surface area (TPSA) is 79.2 Å². The molecule has 1 aromatic carbocycles. The van der Waals surface area contributed by atoms with E-state index in [1.807, 2.05) is 11.0 Å². The SMILES string of the molecule is O=C(C=CCCCC[C@@H](O)[C@H](O)c1ccc2c(c1)OCO2)N1CCCCC1. The Labute approximate surface area is 160 Å². The van der Waals surface area contributed by atoms with Crippen LogP contribution in [0, 0.1) is 0 Å². The summed E-state index contributed by atoms with van der Waals surface area (Å²) >= 11 is 0. The smallest absolute Gasteiger partial charge is 0.246 e. The number of hydrogen-bond donors (Lipinski definition) is 2. The van der Waals surface area contributed by atoms with Gasteiger partial charge in [-0.25, -0.2) is 0 Å². The zero-order valence-electron chi connectivity index (χ0n) is 15.7. The van der Waals surface area contributed by atoms with Gasteiger partial charge in [-0.05, 0) is 62.3 Å². The van der Waals surface area contributed by atoms with Gasteiger partial charge < -0.3 is 24.6 Å². The predicted octanol–water partition coefficient (Wildman–Crippen LogP) is 2.94. The third kappa shape index (κ3) is 5.47. The largest absolute Gasteiger partial charge is 0.454 e. The standard InChI is InChI=1S/C21H29NO5/c23-17(21(25)16-10-11-18-19(14-16)27-15-26-18)8-4-1-2-5-9-20(24)22-12-6-3-7-13-22/h5,9-11,14,17,21,23,25H,1-4,6-8,12-13,15H2/t17-,21-/m1/s1. The van der Waals surface area contributed by atoms with Crippen LogP contribution >= 0.6 is 0 Å². The first-order chi connectivity index (χ1) is 13.1. The number of benzene rings is 1. The first-order valence-corrected chi connectivity index (χ1v) is 9.86. The van der Waals surface area contributed by atoms with Crippen molar-refractivity contribution in [2.24, 2.45) is 0 Å². The second-order valence-electron chi connectivity index (χ2n) is 7.20. The van der Waals surface area contributed by atoms with E-state index in [2.05, 4.69) is 0 Å². The fourth-order valence-corrected chi connectivity index (χ4v) is 3.50. The molecule has 1 saturated heterocycles. The van der Waals surface area contributed by atoms with Gasteiger partial charge in [0.05, 0.1) is 6.10 Å². The lowest BCUT2D eigenvalue weighted by Crippen LogP contribution is -2.34. The van der Waals surface area contributed by atoms with Crippen molar-refractivity contribution in [1.29, 1.82) is 0 Å². The zero-order chi connectivity index (χ0) is 19.1. The first-order valence-electron chi connectivity index (χ1n) is 9.86. The molecule has 0 saturated carbocycles. The first kappa shape index (κ1) is 19.7. The van der Waals surface area contributed by atoms with Gasteiger partial charge in [-0.15, -0.1) is 0 Å². The summed E-state index contributed by atoms with van der Waals surface area (Å²) in [5, 5.41) is 20.6. The number of rotatable bonds is 8. The third-order valence-corrected chi connectivity index (χ3v) is 5.15. The van der Waals surface area contributed by atoms with Crippen LogP contribution in [-0.2, 0) is 4.79 Å². The number of fused-ring (bicyclic) bond motifs is 1. The van der Waals surface area contributed by atoms with E-state index < -0.39 is 12.2 Å². The number of aliphatic hydroxyl groups excluding tert-OH is 2. The maximum Gasteiger partial charge on any atom is 0.246 e. The Morgan fingerprint density at radius 2 is 1.89 bits per heavy atom. The molecule has 2 aliphatic heterocycles. The van der Waals surface area contributed by atoms with Crippen LogP contribution in [0.4, 0.5) is 0 Å². The Hall–Kier alpha value is -2.05. The number of unbranched alkanes of at least 4 members (excludes halogenated alkanes) is 2. The van der Waals surface area contributed by atoms with E-state index in [0.717, 1.165) is 45.2 Å². The van der Waals surface area contributed by atoms with Crippen LogP contribution in [0.2, 0.25) is 0 Å². The van der Waals surface area contributed by atoms with Crippen LogP contribution in [-0.4, -0.2) is 47.0 Å². The molecule has 0 unspecified atom stereocenters. The molecule has 0 aromatic heterocycles. The summed E-state index contributed by atoms with van der Waals surface area (Å²) < 4.78 is 10.6. The molecule has 3 rings (SSSR count). The maximum atomic E-state index is 12.0. The molecule has 1 amide bonds. The molecule has 0 bridgehead atoms. The zero-order valence-corrected chi connectivity index (χ0v) is 15.7. The van der Waals surface area contributed by atoms with Crippen molar-refractivity contribution in [2.45, 2.75) is 57.2 Å².